The van der Waals surface area contributed by atoms with Gasteiger partial charge < -0.3 is 5.32 Å². The summed E-state index contributed by atoms with van der Waals surface area (Å²) in [7, 11) is 0. The summed E-state index contributed by atoms with van der Waals surface area (Å²) in [6.45, 7) is 7.15. The van der Waals surface area contributed by atoms with Crippen molar-refractivity contribution >= 4 is 17.2 Å². The van der Waals surface area contributed by atoms with Crippen LogP contribution in [0.3, 0.4) is 0 Å². The molecule has 0 fully saturated rings. The lowest BCUT2D eigenvalue weighted by atomic mass is 10.2. The zero-order valence-electron chi connectivity index (χ0n) is 11.3. The van der Waals surface area contributed by atoms with Crippen molar-refractivity contribution in [3.05, 3.63) is 28.0 Å². The van der Waals surface area contributed by atoms with Crippen molar-refractivity contribution in [3.63, 3.8) is 0 Å². The van der Waals surface area contributed by atoms with Crippen molar-refractivity contribution in [2.75, 3.05) is 6.54 Å². The third-order valence-electron chi connectivity index (χ3n) is 2.61. The number of hydrogen-bond acceptors (Lipinski definition) is 5. The summed E-state index contributed by atoms with van der Waals surface area (Å²) in [6.07, 6.45) is 3.38. The van der Waals surface area contributed by atoms with Crippen molar-refractivity contribution in [1.29, 1.82) is 0 Å². The Labute approximate surface area is 115 Å². The molecule has 2 rings (SSSR count). The van der Waals surface area contributed by atoms with Crippen LogP contribution in [0.1, 0.15) is 40.1 Å². The van der Waals surface area contributed by atoms with Crippen LogP contribution in [0.25, 0.3) is 0 Å². The highest BCUT2D eigenvalue weighted by molar-refractivity contribution is 7.13. The second-order valence-corrected chi connectivity index (χ2v) is 5.57. The van der Waals surface area contributed by atoms with Gasteiger partial charge in [0.15, 0.2) is 0 Å². The molecular weight excluding hydrogens is 262 g/mol. The average molecular weight is 279 g/mol. The summed E-state index contributed by atoms with van der Waals surface area (Å²) < 4.78 is 1.68. The van der Waals surface area contributed by atoms with E-state index in [4.69, 9.17) is 0 Å². The number of thiazole rings is 1. The Kier molecular flexibility index (Phi) is 4.26. The number of aryl methyl sites for hydroxylation is 1. The molecule has 7 heteroatoms. The van der Waals surface area contributed by atoms with Crippen LogP contribution in [0, 0.1) is 6.92 Å². The van der Waals surface area contributed by atoms with Gasteiger partial charge in [-0.2, -0.15) is 0 Å². The molecule has 0 atom stereocenters. The van der Waals surface area contributed by atoms with Crippen molar-refractivity contribution in [2.45, 2.75) is 33.2 Å². The predicted octanol–water partition coefficient (Wildman–Crippen LogP) is 1.60. The molecule has 0 spiro atoms. The minimum atomic E-state index is -0.0676. The van der Waals surface area contributed by atoms with Gasteiger partial charge in [0.05, 0.1) is 23.4 Å². The largest absolute Gasteiger partial charge is 0.349 e. The van der Waals surface area contributed by atoms with Gasteiger partial charge in [-0.25, -0.2) is 4.98 Å². The van der Waals surface area contributed by atoms with Crippen LogP contribution < -0.4 is 5.32 Å². The number of carbonyl (C=O) groups excluding carboxylic acids is 1. The summed E-state index contributed by atoms with van der Waals surface area (Å²) >= 11 is 1.47. The molecule has 2 aromatic heterocycles. The molecule has 1 N–H and O–H groups in total. The maximum atomic E-state index is 12.0. The number of aromatic nitrogens is 4. The van der Waals surface area contributed by atoms with E-state index in [1.54, 1.807) is 17.1 Å². The molecule has 0 unspecified atom stereocenters. The van der Waals surface area contributed by atoms with Crippen LogP contribution in [-0.4, -0.2) is 32.4 Å². The van der Waals surface area contributed by atoms with E-state index in [1.807, 2.05) is 6.92 Å². The molecule has 1 amide bonds. The first-order valence-electron chi connectivity index (χ1n) is 6.17. The van der Waals surface area contributed by atoms with E-state index < -0.39 is 0 Å². The average Bonchev–Trinajstić information content (AvgIpc) is 2.98. The lowest BCUT2D eigenvalue weighted by molar-refractivity contribution is 0.0955. The van der Waals surface area contributed by atoms with Crippen LogP contribution in [0.2, 0.25) is 0 Å². The van der Waals surface area contributed by atoms with Crippen LogP contribution in [0.5, 0.6) is 0 Å². The summed E-state index contributed by atoms with van der Waals surface area (Å²) in [5.41, 5.74) is 0.798. The minimum Gasteiger partial charge on any atom is -0.349 e. The van der Waals surface area contributed by atoms with Crippen molar-refractivity contribution in [2.24, 2.45) is 0 Å². The predicted molar refractivity (Wildman–Crippen MR) is 73.3 cm³/mol. The number of nitrogens with zero attached hydrogens (tertiary/aromatic N) is 4. The van der Waals surface area contributed by atoms with Crippen molar-refractivity contribution in [1.82, 2.24) is 25.3 Å². The Hall–Kier alpha value is -1.76. The van der Waals surface area contributed by atoms with Gasteiger partial charge in [-0.15, -0.1) is 16.4 Å². The Balaban J connectivity index is 1.92. The summed E-state index contributed by atoms with van der Waals surface area (Å²) in [5.74, 6) is 0.280. The van der Waals surface area contributed by atoms with Gasteiger partial charge >= 0.3 is 0 Å². The highest BCUT2D eigenvalue weighted by atomic mass is 32.1. The second-order valence-electron chi connectivity index (χ2n) is 4.54. The molecule has 0 saturated heterocycles. The van der Waals surface area contributed by atoms with E-state index >= 15 is 0 Å². The SMILES string of the molecule is Cc1nc(C(C)C)sc1C(=O)NCCn1ccnn1. The maximum Gasteiger partial charge on any atom is 0.263 e. The molecule has 19 heavy (non-hydrogen) atoms. The number of hydrogen-bond donors (Lipinski definition) is 1. The van der Waals surface area contributed by atoms with Gasteiger partial charge in [-0.3, -0.25) is 9.48 Å². The molecule has 2 aromatic rings. The fourth-order valence-corrected chi connectivity index (χ4v) is 2.58. The standard InChI is InChI=1S/C12H17N5OS/c1-8(2)12-15-9(3)10(19-12)11(18)13-4-6-17-7-5-14-16-17/h5,7-8H,4,6H2,1-3H3,(H,13,18). The van der Waals surface area contributed by atoms with Crippen LogP contribution in [0.4, 0.5) is 0 Å². The molecule has 102 valence electrons. The topological polar surface area (TPSA) is 72.7 Å². The molecule has 2 heterocycles. The molecular formula is C12H17N5OS. The van der Waals surface area contributed by atoms with Gasteiger partial charge in [0, 0.05) is 18.7 Å². The van der Waals surface area contributed by atoms with E-state index in [-0.39, 0.29) is 5.91 Å². The van der Waals surface area contributed by atoms with Crippen LogP contribution >= 0.6 is 11.3 Å². The Morgan fingerprint density at radius 3 is 2.89 bits per heavy atom. The summed E-state index contributed by atoms with van der Waals surface area (Å²) in [5, 5.41) is 11.4. The zero-order valence-corrected chi connectivity index (χ0v) is 12.1. The molecule has 6 nitrogen and oxygen atoms in total. The smallest absolute Gasteiger partial charge is 0.263 e. The zero-order chi connectivity index (χ0) is 13.8. The number of amides is 1. The van der Waals surface area contributed by atoms with Gasteiger partial charge in [0.2, 0.25) is 0 Å². The molecule has 0 aliphatic heterocycles. The lowest BCUT2D eigenvalue weighted by Gasteiger charge is -2.03. The third kappa shape index (κ3) is 3.37. The van der Waals surface area contributed by atoms with E-state index in [9.17, 15) is 4.79 Å². The molecule has 0 aromatic carbocycles. The number of carbonyl (C=O) groups is 1. The van der Waals surface area contributed by atoms with Gasteiger partial charge in [-0.05, 0) is 6.92 Å². The minimum absolute atomic E-state index is 0.0676. The van der Waals surface area contributed by atoms with Crippen LogP contribution in [0.15, 0.2) is 12.4 Å². The normalized spacial score (nSPS) is 10.9. The summed E-state index contributed by atoms with van der Waals surface area (Å²) in [4.78, 5) is 17.2. The Morgan fingerprint density at radius 2 is 2.32 bits per heavy atom. The Morgan fingerprint density at radius 1 is 1.53 bits per heavy atom. The lowest BCUT2D eigenvalue weighted by Crippen LogP contribution is -2.27. The molecule has 0 bridgehead atoms. The summed E-state index contributed by atoms with van der Waals surface area (Å²) in [6, 6.07) is 0. The quantitative estimate of drug-likeness (QED) is 0.902. The van der Waals surface area contributed by atoms with Gasteiger partial charge in [0.25, 0.3) is 5.91 Å². The first-order valence-corrected chi connectivity index (χ1v) is 6.99. The first kappa shape index (κ1) is 13.7. The maximum absolute atomic E-state index is 12.0. The molecule has 0 radical (unpaired) electrons. The van der Waals surface area contributed by atoms with Crippen LogP contribution in [-0.2, 0) is 6.54 Å². The highest BCUT2D eigenvalue weighted by Gasteiger charge is 2.16. The molecule has 0 aliphatic rings. The third-order valence-corrected chi connectivity index (χ3v) is 4.07. The van der Waals surface area contributed by atoms with Crippen molar-refractivity contribution < 1.29 is 4.79 Å². The fraction of sp³-hybridized carbons (Fsp3) is 0.500. The number of nitrogens with one attached hydrogen (secondary N) is 1. The highest BCUT2D eigenvalue weighted by Crippen LogP contribution is 2.24. The fourth-order valence-electron chi connectivity index (χ4n) is 1.59. The van der Waals surface area contributed by atoms with E-state index in [0.29, 0.717) is 23.9 Å². The molecule has 0 aliphatic carbocycles. The van der Waals surface area contributed by atoms with Gasteiger partial charge in [0.1, 0.15) is 4.88 Å². The van der Waals surface area contributed by atoms with Gasteiger partial charge in [-0.1, -0.05) is 19.1 Å². The number of rotatable bonds is 5. The van der Waals surface area contributed by atoms with E-state index in [1.165, 1.54) is 11.3 Å². The first-order chi connectivity index (χ1) is 9.08. The monoisotopic (exact) mass is 279 g/mol. The second kappa shape index (κ2) is 5.92. The van der Waals surface area contributed by atoms with Crippen molar-refractivity contribution in [3.8, 4) is 0 Å². The molecule has 0 saturated carbocycles. The van der Waals surface area contributed by atoms with E-state index in [0.717, 1.165) is 10.7 Å². The Bertz CT molecular complexity index is 546. The van der Waals surface area contributed by atoms with E-state index in [2.05, 4.69) is 34.5 Å².